The Morgan fingerprint density at radius 2 is 2.11 bits per heavy atom. The highest BCUT2D eigenvalue weighted by Crippen LogP contribution is 2.39. The van der Waals surface area contributed by atoms with Crippen molar-refractivity contribution in [3.63, 3.8) is 0 Å². The zero-order valence-corrected chi connectivity index (χ0v) is 10.9. The molecule has 19 heavy (non-hydrogen) atoms. The molecular weight excluding hydrogens is 258 g/mol. The van der Waals surface area contributed by atoms with Crippen molar-refractivity contribution in [2.45, 2.75) is 12.3 Å². The van der Waals surface area contributed by atoms with Crippen molar-refractivity contribution >= 4 is 16.3 Å². The zero-order valence-electron chi connectivity index (χ0n) is 10.0. The lowest BCUT2D eigenvalue weighted by atomic mass is 9.77. The third-order valence-electron chi connectivity index (χ3n) is 3.45. The summed E-state index contributed by atoms with van der Waals surface area (Å²) < 4.78 is 5.33. The van der Waals surface area contributed by atoms with Crippen LogP contribution in [0.25, 0.3) is 10.8 Å². The molecule has 0 amide bonds. The van der Waals surface area contributed by atoms with Gasteiger partial charge in [0, 0.05) is 0 Å². The summed E-state index contributed by atoms with van der Waals surface area (Å²) >= 11 is 1.46. The summed E-state index contributed by atoms with van der Waals surface area (Å²) in [5, 5.41) is 4.86. The molecule has 1 aromatic carbocycles. The third-order valence-corrected chi connectivity index (χ3v) is 4.35. The topological polar surface area (TPSA) is 64.9 Å². The number of anilines is 1. The number of nitrogen functional groups attached to an aromatic ring is 1. The minimum atomic E-state index is 0.269. The van der Waals surface area contributed by atoms with Crippen LogP contribution in [-0.4, -0.2) is 10.1 Å². The maximum absolute atomic E-state index is 5.71. The summed E-state index contributed by atoms with van der Waals surface area (Å²) in [6.45, 7) is 0. The van der Waals surface area contributed by atoms with Gasteiger partial charge in [-0.15, -0.1) is 11.3 Å². The number of benzene rings is 1. The molecule has 1 aliphatic carbocycles. The molecule has 1 aliphatic rings. The quantitative estimate of drug-likeness (QED) is 0.776. The van der Waals surface area contributed by atoms with E-state index in [1.54, 1.807) is 0 Å². The first-order chi connectivity index (χ1) is 9.31. The van der Waals surface area contributed by atoms with Gasteiger partial charge in [0.1, 0.15) is 0 Å². The summed E-state index contributed by atoms with van der Waals surface area (Å²) in [5.74, 6) is 1.59. The Balaban J connectivity index is 1.67. The average molecular weight is 269 g/mol. The molecule has 1 atom stereocenters. The molecule has 0 bridgehead atoms. The van der Waals surface area contributed by atoms with E-state index >= 15 is 0 Å². The van der Waals surface area contributed by atoms with E-state index in [0.29, 0.717) is 5.89 Å². The molecule has 4 rings (SSSR count). The van der Waals surface area contributed by atoms with Crippen LogP contribution < -0.4 is 5.73 Å². The lowest BCUT2D eigenvalue weighted by molar-refractivity contribution is 0.417. The summed E-state index contributed by atoms with van der Waals surface area (Å²) in [6.07, 6.45) is 0.988. The molecule has 1 unspecified atom stereocenters. The van der Waals surface area contributed by atoms with Crippen LogP contribution in [0, 0.1) is 0 Å². The number of fused-ring (bicyclic) bond motifs is 1. The van der Waals surface area contributed by atoms with Gasteiger partial charge in [-0.25, -0.2) is 0 Å². The molecule has 2 N–H and O–H groups in total. The van der Waals surface area contributed by atoms with Crippen LogP contribution in [0.5, 0.6) is 0 Å². The SMILES string of the molecule is Nc1ccc(-c2nc(C3Cc4ccccc43)no2)s1. The highest BCUT2D eigenvalue weighted by Gasteiger charge is 2.31. The minimum absolute atomic E-state index is 0.269. The van der Waals surface area contributed by atoms with Gasteiger partial charge in [-0.05, 0) is 29.7 Å². The molecule has 2 heterocycles. The van der Waals surface area contributed by atoms with Gasteiger partial charge < -0.3 is 10.3 Å². The highest BCUT2D eigenvalue weighted by molar-refractivity contribution is 7.19. The van der Waals surface area contributed by atoms with Crippen molar-refractivity contribution in [1.29, 1.82) is 0 Å². The van der Waals surface area contributed by atoms with Gasteiger partial charge in [-0.3, -0.25) is 0 Å². The van der Waals surface area contributed by atoms with Gasteiger partial charge in [-0.2, -0.15) is 4.98 Å². The maximum Gasteiger partial charge on any atom is 0.268 e. The number of thiophene rings is 1. The summed E-state index contributed by atoms with van der Waals surface area (Å²) in [7, 11) is 0. The van der Waals surface area contributed by atoms with Gasteiger partial charge in [0.25, 0.3) is 5.89 Å². The van der Waals surface area contributed by atoms with Gasteiger partial charge in [0.15, 0.2) is 5.82 Å². The molecule has 0 radical (unpaired) electrons. The second-order valence-corrected chi connectivity index (χ2v) is 5.73. The Bertz CT molecular complexity index is 746. The molecule has 3 aromatic rings. The van der Waals surface area contributed by atoms with Crippen LogP contribution in [0.2, 0.25) is 0 Å². The van der Waals surface area contributed by atoms with E-state index in [2.05, 4.69) is 28.3 Å². The largest absolute Gasteiger partial charge is 0.391 e. The Morgan fingerprint density at radius 3 is 2.89 bits per heavy atom. The number of nitrogens with two attached hydrogens (primary N) is 1. The molecular formula is C14H11N3OS. The van der Waals surface area contributed by atoms with Crippen LogP contribution in [0.1, 0.15) is 22.9 Å². The van der Waals surface area contributed by atoms with Crippen molar-refractivity contribution in [1.82, 2.24) is 10.1 Å². The molecule has 0 aliphatic heterocycles. The molecule has 0 fully saturated rings. The van der Waals surface area contributed by atoms with E-state index < -0.39 is 0 Å². The molecule has 2 aromatic heterocycles. The monoisotopic (exact) mass is 269 g/mol. The number of hydrogen-bond acceptors (Lipinski definition) is 5. The van der Waals surface area contributed by atoms with E-state index in [1.807, 2.05) is 18.2 Å². The first-order valence-corrected chi connectivity index (χ1v) is 6.90. The second kappa shape index (κ2) is 3.93. The zero-order chi connectivity index (χ0) is 12.8. The lowest BCUT2D eigenvalue weighted by Crippen LogP contribution is -2.19. The second-order valence-electron chi connectivity index (χ2n) is 4.62. The molecule has 4 nitrogen and oxygen atoms in total. The van der Waals surface area contributed by atoms with Crippen molar-refractivity contribution in [3.05, 3.63) is 53.3 Å². The van der Waals surface area contributed by atoms with Crippen molar-refractivity contribution in [3.8, 4) is 10.8 Å². The van der Waals surface area contributed by atoms with E-state index in [9.17, 15) is 0 Å². The van der Waals surface area contributed by atoms with Gasteiger partial charge in [-0.1, -0.05) is 29.4 Å². The van der Waals surface area contributed by atoms with Crippen LogP contribution in [-0.2, 0) is 6.42 Å². The van der Waals surface area contributed by atoms with Crippen molar-refractivity contribution < 1.29 is 4.52 Å². The normalized spacial score (nSPS) is 16.9. The molecule has 0 saturated heterocycles. The highest BCUT2D eigenvalue weighted by atomic mass is 32.1. The average Bonchev–Trinajstić information content (AvgIpc) is 3.00. The van der Waals surface area contributed by atoms with Crippen LogP contribution in [0.15, 0.2) is 40.9 Å². The minimum Gasteiger partial charge on any atom is -0.391 e. The number of aromatic nitrogens is 2. The molecule has 5 heteroatoms. The van der Waals surface area contributed by atoms with Crippen LogP contribution in [0.4, 0.5) is 5.00 Å². The van der Waals surface area contributed by atoms with Crippen molar-refractivity contribution in [2.75, 3.05) is 5.73 Å². The third kappa shape index (κ3) is 1.66. The standard InChI is InChI=1S/C14H11N3OS/c15-12-6-5-11(19-12)14-16-13(17-18-14)10-7-8-3-1-2-4-9(8)10/h1-6,10H,7,15H2. The predicted octanol–water partition coefficient (Wildman–Crippen LogP) is 3.07. The predicted molar refractivity (Wildman–Crippen MR) is 74.0 cm³/mol. The summed E-state index contributed by atoms with van der Waals surface area (Å²) in [6, 6.07) is 12.1. The van der Waals surface area contributed by atoms with E-state index in [0.717, 1.165) is 22.1 Å². The number of rotatable bonds is 2. The van der Waals surface area contributed by atoms with Crippen LogP contribution >= 0.6 is 11.3 Å². The van der Waals surface area contributed by atoms with E-state index in [1.165, 1.54) is 22.5 Å². The summed E-state index contributed by atoms with van der Waals surface area (Å²) in [5.41, 5.74) is 8.39. The fraction of sp³-hybridized carbons (Fsp3) is 0.143. The fourth-order valence-corrected chi connectivity index (χ4v) is 3.13. The molecule has 0 saturated carbocycles. The smallest absolute Gasteiger partial charge is 0.268 e. The fourth-order valence-electron chi connectivity index (χ4n) is 2.43. The van der Waals surface area contributed by atoms with Gasteiger partial charge in [0.2, 0.25) is 0 Å². The van der Waals surface area contributed by atoms with E-state index in [4.69, 9.17) is 10.3 Å². The first-order valence-electron chi connectivity index (χ1n) is 6.08. The number of nitrogens with zero attached hydrogens (tertiary/aromatic N) is 2. The molecule has 0 spiro atoms. The van der Waals surface area contributed by atoms with Crippen molar-refractivity contribution in [2.24, 2.45) is 0 Å². The Morgan fingerprint density at radius 1 is 1.21 bits per heavy atom. The number of hydrogen-bond donors (Lipinski definition) is 1. The van der Waals surface area contributed by atoms with Gasteiger partial charge >= 0.3 is 0 Å². The Labute approximate surface area is 113 Å². The van der Waals surface area contributed by atoms with E-state index in [-0.39, 0.29) is 5.92 Å². The maximum atomic E-state index is 5.71. The lowest BCUT2D eigenvalue weighted by Gasteiger charge is -2.27. The van der Waals surface area contributed by atoms with Crippen LogP contribution in [0.3, 0.4) is 0 Å². The molecule has 94 valence electrons. The Kier molecular flexibility index (Phi) is 2.22. The Hall–Kier alpha value is -2.14. The van der Waals surface area contributed by atoms with Gasteiger partial charge in [0.05, 0.1) is 15.8 Å². The summed E-state index contributed by atoms with van der Waals surface area (Å²) in [4.78, 5) is 5.41. The first kappa shape index (κ1) is 10.8.